The summed E-state index contributed by atoms with van der Waals surface area (Å²) in [5.41, 5.74) is 0. The second-order valence-corrected chi connectivity index (χ2v) is 4.10. The first kappa shape index (κ1) is 9.14. The summed E-state index contributed by atoms with van der Waals surface area (Å²) in [5, 5.41) is 3.52. The van der Waals surface area contributed by atoms with Gasteiger partial charge in [0.1, 0.15) is 0 Å². The first-order valence-corrected chi connectivity index (χ1v) is 5.51. The lowest BCUT2D eigenvalue weighted by molar-refractivity contribution is 0.347. The van der Waals surface area contributed by atoms with Crippen molar-refractivity contribution in [1.29, 1.82) is 0 Å². The van der Waals surface area contributed by atoms with Crippen LogP contribution in [0.25, 0.3) is 0 Å². The molecule has 1 nitrogen and oxygen atoms in total. The third kappa shape index (κ3) is 3.82. The van der Waals surface area contributed by atoms with Gasteiger partial charge in [0.2, 0.25) is 0 Å². The average molecular weight is 171 g/mol. The van der Waals surface area contributed by atoms with E-state index in [4.69, 9.17) is 0 Å². The molecule has 0 unspecified atom stereocenters. The zero-order chi connectivity index (χ0) is 7.94. The third-order valence-corrected chi connectivity index (χ3v) is 2.98. The van der Waals surface area contributed by atoms with Crippen molar-refractivity contribution in [2.75, 3.05) is 18.1 Å². The quantitative estimate of drug-likeness (QED) is 0.485. The van der Waals surface area contributed by atoms with Crippen molar-refractivity contribution >= 4 is 11.8 Å². The fourth-order valence-corrected chi connectivity index (χ4v) is 1.71. The summed E-state index contributed by atoms with van der Waals surface area (Å²) in [4.78, 5) is 0. The van der Waals surface area contributed by atoms with Gasteiger partial charge in [0.05, 0.1) is 0 Å². The summed E-state index contributed by atoms with van der Waals surface area (Å²) in [7, 11) is 0. The molecule has 1 fully saturated rings. The highest BCUT2D eigenvalue weighted by Crippen LogP contribution is 2.17. The molecule has 0 aliphatic heterocycles. The van der Waals surface area contributed by atoms with Gasteiger partial charge in [0.25, 0.3) is 0 Å². The first-order valence-electron chi connectivity index (χ1n) is 4.35. The van der Waals surface area contributed by atoms with Crippen LogP contribution in [0.2, 0.25) is 0 Å². The maximum absolute atomic E-state index is 3.68. The van der Waals surface area contributed by atoms with E-state index in [1.165, 1.54) is 31.6 Å². The Morgan fingerprint density at radius 3 is 2.91 bits per heavy atom. The topological polar surface area (TPSA) is 12.0 Å². The highest BCUT2D eigenvalue weighted by molar-refractivity contribution is 7.99. The number of hydrogen-bond acceptors (Lipinski definition) is 2. The molecule has 0 radical (unpaired) electrons. The monoisotopic (exact) mass is 171 g/mol. The molecule has 1 N–H and O–H groups in total. The summed E-state index contributed by atoms with van der Waals surface area (Å²) < 4.78 is 0. The molecule has 0 aromatic heterocycles. The van der Waals surface area contributed by atoms with Gasteiger partial charge in [0.15, 0.2) is 0 Å². The van der Waals surface area contributed by atoms with E-state index in [0.717, 1.165) is 11.8 Å². The Hall–Kier alpha value is 0.0500. The Morgan fingerprint density at radius 2 is 2.36 bits per heavy atom. The minimum atomic E-state index is 0.847. The van der Waals surface area contributed by atoms with Crippen LogP contribution in [0.3, 0.4) is 0 Å². The lowest BCUT2D eigenvalue weighted by Crippen LogP contribution is -2.36. The first-order chi connectivity index (χ1) is 5.43. The Bertz CT molecular complexity index is 110. The molecule has 2 heteroatoms. The summed E-state index contributed by atoms with van der Waals surface area (Å²) in [5.74, 6) is 2.31. The molecule has 0 saturated heterocycles. The van der Waals surface area contributed by atoms with Crippen LogP contribution in [0.1, 0.15) is 19.3 Å². The summed E-state index contributed by atoms with van der Waals surface area (Å²) >= 11 is 1.95. The van der Waals surface area contributed by atoms with Crippen molar-refractivity contribution in [3.63, 3.8) is 0 Å². The molecule has 1 aliphatic rings. The van der Waals surface area contributed by atoms with Crippen molar-refractivity contribution in [2.45, 2.75) is 25.3 Å². The Labute approximate surface area is 73.6 Å². The second-order valence-electron chi connectivity index (χ2n) is 2.95. The Kier molecular flexibility index (Phi) is 4.71. The average Bonchev–Trinajstić information content (AvgIpc) is 1.93. The van der Waals surface area contributed by atoms with Crippen LogP contribution in [0.4, 0.5) is 0 Å². The van der Waals surface area contributed by atoms with Gasteiger partial charge < -0.3 is 5.32 Å². The fourth-order valence-electron chi connectivity index (χ4n) is 1.11. The van der Waals surface area contributed by atoms with E-state index in [-0.39, 0.29) is 0 Å². The fraction of sp³-hybridized carbons (Fsp3) is 0.778. The van der Waals surface area contributed by atoms with E-state index in [9.17, 15) is 0 Å². The van der Waals surface area contributed by atoms with Gasteiger partial charge in [0, 0.05) is 24.1 Å². The van der Waals surface area contributed by atoms with Gasteiger partial charge in [-0.15, -0.1) is 6.58 Å². The molecule has 0 aromatic rings. The van der Waals surface area contributed by atoms with E-state index in [2.05, 4.69) is 11.9 Å². The van der Waals surface area contributed by atoms with Crippen LogP contribution in [0.5, 0.6) is 0 Å². The van der Waals surface area contributed by atoms with Crippen molar-refractivity contribution < 1.29 is 0 Å². The lowest BCUT2D eigenvalue weighted by Gasteiger charge is -2.26. The predicted octanol–water partition coefficient (Wildman–Crippen LogP) is 2.05. The van der Waals surface area contributed by atoms with Crippen LogP contribution in [0.15, 0.2) is 12.7 Å². The Balaban J connectivity index is 1.76. The molecule has 1 aliphatic carbocycles. The second kappa shape index (κ2) is 5.67. The molecule has 0 amide bonds. The number of thioether (sulfide) groups is 1. The molecule has 64 valence electrons. The van der Waals surface area contributed by atoms with Gasteiger partial charge in [-0.05, 0) is 12.8 Å². The third-order valence-electron chi connectivity index (χ3n) is 2.02. The molecule has 1 rings (SSSR count). The van der Waals surface area contributed by atoms with E-state index in [0.29, 0.717) is 0 Å². The van der Waals surface area contributed by atoms with Gasteiger partial charge in [-0.2, -0.15) is 11.8 Å². The molecular weight excluding hydrogens is 154 g/mol. The molecule has 0 atom stereocenters. The van der Waals surface area contributed by atoms with Crippen molar-refractivity contribution in [3.8, 4) is 0 Å². The molecule has 0 aromatic carbocycles. The largest absolute Gasteiger partial charge is 0.313 e. The maximum atomic E-state index is 3.68. The van der Waals surface area contributed by atoms with Crippen LogP contribution < -0.4 is 5.32 Å². The van der Waals surface area contributed by atoms with E-state index in [1.807, 2.05) is 17.8 Å². The van der Waals surface area contributed by atoms with E-state index < -0.39 is 0 Å². The number of hydrogen-bond donors (Lipinski definition) is 1. The lowest BCUT2D eigenvalue weighted by atomic mass is 9.93. The molecule has 11 heavy (non-hydrogen) atoms. The summed E-state index contributed by atoms with van der Waals surface area (Å²) in [6.07, 6.45) is 6.18. The standard InChI is InChI=1S/C9H17NS/c1-2-7-11-8-6-10-9-4-3-5-9/h2,9-10H,1,3-8H2. The van der Waals surface area contributed by atoms with Crippen molar-refractivity contribution in [1.82, 2.24) is 5.32 Å². The Morgan fingerprint density at radius 1 is 1.55 bits per heavy atom. The van der Waals surface area contributed by atoms with Crippen LogP contribution in [-0.2, 0) is 0 Å². The normalized spacial score (nSPS) is 17.8. The van der Waals surface area contributed by atoms with Crippen LogP contribution in [-0.4, -0.2) is 24.1 Å². The minimum absolute atomic E-state index is 0.847. The molecule has 1 saturated carbocycles. The smallest absolute Gasteiger partial charge is 0.0111 e. The molecule has 0 bridgehead atoms. The minimum Gasteiger partial charge on any atom is -0.313 e. The van der Waals surface area contributed by atoms with Crippen molar-refractivity contribution in [3.05, 3.63) is 12.7 Å². The molecular formula is C9H17NS. The zero-order valence-corrected chi connectivity index (χ0v) is 7.83. The maximum Gasteiger partial charge on any atom is 0.0111 e. The summed E-state index contributed by atoms with van der Waals surface area (Å²) in [6, 6.07) is 0.847. The van der Waals surface area contributed by atoms with Gasteiger partial charge >= 0.3 is 0 Å². The SMILES string of the molecule is C=CCSCCNC1CCC1. The van der Waals surface area contributed by atoms with Gasteiger partial charge in [-0.25, -0.2) is 0 Å². The van der Waals surface area contributed by atoms with Crippen LogP contribution in [0, 0.1) is 0 Å². The van der Waals surface area contributed by atoms with Gasteiger partial charge in [-0.3, -0.25) is 0 Å². The van der Waals surface area contributed by atoms with Crippen LogP contribution >= 0.6 is 11.8 Å². The number of nitrogens with one attached hydrogen (secondary N) is 1. The zero-order valence-electron chi connectivity index (χ0n) is 7.01. The van der Waals surface area contributed by atoms with E-state index >= 15 is 0 Å². The van der Waals surface area contributed by atoms with E-state index in [1.54, 1.807) is 0 Å². The summed E-state index contributed by atoms with van der Waals surface area (Å²) in [6.45, 7) is 4.85. The van der Waals surface area contributed by atoms with Gasteiger partial charge in [-0.1, -0.05) is 12.5 Å². The highest BCUT2D eigenvalue weighted by atomic mass is 32.2. The number of rotatable bonds is 6. The van der Waals surface area contributed by atoms with Crippen molar-refractivity contribution in [2.24, 2.45) is 0 Å². The molecule has 0 spiro atoms. The molecule has 0 heterocycles. The predicted molar refractivity (Wildman–Crippen MR) is 53.2 cm³/mol. The highest BCUT2D eigenvalue weighted by Gasteiger charge is 2.15.